The number of hydrogen-bond donors (Lipinski definition) is 1. The topological polar surface area (TPSA) is 55.2 Å². The first-order valence-corrected chi connectivity index (χ1v) is 12.6. The van der Waals surface area contributed by atoms with Crippen LogP contribution in [0.2, 0.25) is 10.3 Å². The van der Waals surface area contributed by atoms with Crippen molar-refractivity contribution in [1.29, 1.82) is 0 Å². The number of ether oxygens (including phenoxy) is 1. The lowest BCUT2D eigenvalue weighted by Crippen LogP contribution is -2.79. The van der Waals surface area contributed by atoms with Gasteiger partial charge in [-0.15, -0.1) is 6.58 Å². The van der Waals surface area contributed by atoms with Crippen LogP contribution < -0.4 is 4.74 Å². The van der Waals surface area contributed by atoms with E-state index in [1.807, 2.05) is 36.4 Å². The van der Waals surface area contributed by atoms with Gasteiger partial charge in [0, 0.05) is 35.9 Å². The van der Waals surface area contributed by atoms with Crippen LogP contribution in [0.15, 0.2) is 55.3 Å². The predicted octanol–water partition coefficient (Wildman–Crippen LogP) is 5.73. The van der Waals surface area contributed by atoms with Gasteiger partial charge in [-0.3, -0.25) is 4.98 Å². The second-order valence-electron chi connectivity index (χ2n) is 10.1. The number of aliphatic hydroxyl groups is 1. The smallest absolute Gasteiger partial charge is 0.131 e. The first kappa shape index (κ1) is 22.3. The Kier molecular flexibility index (Phi) is 5.19. The van der Waals surface area contributed by atoms with Gasteiger partial charge in [0.25, 0.3) is 0 Å². The summed E-state index contributed by atoms with van der Waals surface area (Å²) in [6.45, 7) is 5.93. The Balaban J connectivity index is 1.44. The van der Waals surface area contributed by atoms with Crippen molar-refractivity contribution < 1.29 is 14.3 Å². The first-order chi connectivity index (χ1) is 16.4. The molecule has 6 rings (SSSR count). The molecule has 5 nitrogen and oxygen atoms in total. The monoisotopic (exact) mass is 496 g/mol. The van der Waals surface area contributed by atoms with E-state index >= 15 is 0 Å². The largest absolute Gasteiger partial charge is 0.497 e. The van der Waals surface area contributed by atoms with E-state index in [2.05, 4.69) is 22.6 Å². The third kappa shape index (κ3) is 3.00. The highest BCUT2D eigenvalue weighted by atomic mass is 35.5. The molecule has 5 unspecified atom stereocenters. The van der Waals surface area contributed by atoms with E-state index in [1.54, 1.807) is 13.3 Å². The summed E-state index contributed by atoms with van der Waals surface area (Å²) in [5.41, 5.74) is 3.04. The van der Waals surface area contributed by atoms with E-state index < -0.39 is 6.10 Å². The molecule has 3 aromatic rings. The average Bonchev–Trinajstić information content (AvgIpc) is 2.93. The highest BCUT2D eigenvalue weighted by Gasteiger charge is 2.78. The van der Waals surface area contributed by atoms with Crippen LogP contribution in [0.3, 0.4) is 0 Å². The summed E-state index contributed by atoms with van der Waals surface area (Å²) in [6.07, 6.45) is 6.56. The maximum atomic E-state index is 12.0. The minimum atomic E-state index is -0.626. The number of methoxy groups -OCH3 is 1. The zero-order valence-corrected chi connectivity index (χ0v) is 20.6. The molecule has 2 aromatic heterocycles. The second-order valence-corrected chi connectivity index (χ2v) is 10.9. The molecule has 1 saturated carbocycles. The minimum absolute atomic E-state index is 0.0613. The number of rotatable bonds is 6. The van der Waals surface area contributed by atoms with Crippen molar-refractivity contribution in [2.45, 2.75) is 43.5 Å². The number of fused-ring (bicyclic) bond motifs is 1. The Morgan fingerprint density at radius 1 is 1.26 bits per heavy atom. The maximum Gasteiger partial charge on any atom is 0.131 e. The van der Waals surface area contributed by atoms with Gasteiger partial charge >= 0.3 is 0 Å². The molecule has 3 aliphatic rings. The van der Waals surface area contributed by atoms with Gasteiger partial charge in [-0.2, -0.15) is 0 Å². The lowest BCUT2D eigenvalue weighted by atomic mass is 9.54. The molecule has 0 bridgehead atoms. The first-order valence-electron chi connectivity index (χ1n) is 11.8. The highest BCUT2D eigenvalue weighted by molar-refractivity contribution is 6.32. The third-order valence-corrected chi connectivity index (χ3v) is 9.40. The molecule has 1 aliphatic carbocycles. The number of nitrogens with zero attached hydrogens (tertiary/aromatic N) is 3. The number of allylic oxidation sites excluding steroid dienone is 1. The summed E-state index contributed by atoms with van der Waals surface area (Å²) >= 11 is 12.5. The minimum Gasteiger partial charge on any atom is -0.497 e. The molecule has 176 valence electrons. The highest BCUT2D eigenvalue weighted by Crippen LogP contribution is 2.69. The van der Waals surface area contributed by atoms with Crippen molar-refractivity contribution in [2.75, 3.05) is 13.7 Å². The van der Waals surface area contributed by atoms with Crippen LogP contribution in [0.1, 0.15) is 36.5 Å². The number of quaternary nitrogens is 1. The van der Waals surface area contributed by atoms with Crippen LogP contribution in [0.25, 0.3) is 10.9 Å². The van der Waals surface area contributed by atoms with Gasteiger partial charge in [-0.05, 0) is 47.9 Å². The summed E-state index contributed by atoms with van der Waals surface area (Å²) in [5.74, 6) is 1.81. The molecule has 2 saturated heterocycles. The van der Waals surface area contributed by atoms with Gasteiger partial charge < -0.3 is 14.3 Å². The van der Waals surface area contributed by atoms with Crippen LogP contribution in [-0.4, -0.2) is 44.8 Å². The molecule has 2 aliphatic heterocycles. The van der Waals surface area contributed by atoms with Gasteiger partial charge in [0.05, 0.1) is 25.6 Å². The molecule has 4 heterocycles. The number of aromatic nitrogens is 2. The number of pyridine rings is 2. The van der Waals surface area contributed by atoms with Crippen molar-refractivity contribution in [3.8, 4) is 5.75 Å². The summed E-state index contributed by atoms with van der Waals surface area (Å²) in [5, 5.41) is 13.8. The van der Waals surface area contributed by atoms with E-state index in [4.69, 9.17) is 27.9 Å². The predicted molar refractivity (Wildman–Crippen MR) is 134 cm³/mol. The van der Waals surface area contributed by atoms with Crippen molar-refractivity contribution in [3.63, 3.8) is 0 Å². The number of aliphatic hydroxyl groups excluding tert-OH is 1. The van der Waals surface area contributed by atoms with Crippen molar-refractivity contribution >= 4 is 34.1 Å². The third-order valence-electron chi connectivity index (χ3n) is 9.01. The van der Waals surface area contributed by atoms with Crippen LogP contribution >= 0.6 is 23.2 Å². The van der Waals surface area contributed by atoms with Gasteiger partial charge in [0.1, 0.15) is 40.3 Å². The fourth-order valence-electron chi connectivity index (χ4n) is 7.45. The van der Waals surface area contributed by atoms with Crippen molar-refractivity contribution in [3.05, 3.63) is 76.7 Å². The SMILES string of the molecule is C=CC1CC23CC[N+]2(Cc2cc(Cl)nc(Cl)c2)C([C@H](O)c2ccnc4ccc(OC)cc24)CC13. The Bertz CT molecular complexity index is 1280. The van der Waals surface area contributed by atoms with E-state index in [-0.39, 0.29) is 11.6 Å². The Morgan fingerprint density at radius 2 is 2.06 bits per heavy atom. The zero-order valence-electron chi connectivity index (χ0n) is 19.1. The summed E-state index contributed by atoms with van der Waals surface area (Å²) in [4.78, 5) is 8.66. The maximum absolute atomic E-state index is 12.0. The van der Waals surface area contributed by atoms with Gasteiger partial charge in [0.2, 0.25) is 0 Å². The average molecular weight is 497 g/mol. The molecule has 1 aromatic carbocycles. The molecule has 1 N–H and O–H groups in total. The van der Waals surface area contributed by atoms with E-state index in [0.717, 1.165) is 58.2 Å². The van der Waals surface area contributed by atoms with Gasteiger partial charge in [-0.1, -0.05) is 29.3 Å². The summed E-state index contributed by atoms with van der Waals surface area (Å²) in [7, 11) is 1.66. The van der Waals surface area contributed by atoms with Crippen LogP contribution in [-0.2, 0) is 6.54 Å². The molecule has 34 heavy (non-hydrogen) atoms. The normalized spacial score (nSPS) is 32.3. The molecule has 0 amide bonds. The molecule has 1 spiro atoms. The second kappa shape index (κ2) is 7.92. The van der Waals surface area contributed by atoms with Crippen LogP contribution in [0.5, 0.6) is 5.75 Å². The quantitative estimate of drug-likeness (QED) is 0.268. The Labute approximate surface area is 209 Å². The standard InChI is InChI=1S/C27H28Cl2N3O2/c1-3-17-14-27-7-9-32(27,15-16-10-24(28)31-25(29)11-16)23(13-21(17)27)26(33)19-6-8-30-22-5-4-18(34-2)12-20(19)22/h3-6,8,10-12,17,21,23,26,33H,1,7,9,13-15H2,2H3/q+1/t17?,21?,23?,26-,27?,32?/m1/s1. The lowest BCUT2D eigenvalue weighted by Gasteiger charge is -2.67. The van der Waals surface area contributed by atoms with Gasteiger partial charge in [-0.25, -0.2) is 4.98 Å². The van der Waals surface area contributed by atoms with Crippen LogP contribution in [0.4, 0.5) is 0 Å². The lowest BCUT2D eigenvalue weighted by molar-refractivity contribution is -1.05. The van der Waals surface area contributed by atoms with E-state index in [0.29, 0.717) is 22.1 Å². The number of hydrogen-bond acceptors (Lipinski definition) is 4. The molecular formula is C27H28Cl2N3O2+. The molecule has 7 heteroatoms. The number of halogens is 2. The number of benzene rings is 1. The molecule has 3 fully saturated rings. The zero-order chi connectivity index (χ0) is 23.7. The Hall–Kier alpha value is -2.18. The molecular weight excluding hydrogens is 469 g/mol. The van der Waals surface area contributed by atoms with Gasteiger partial charge in [0.15, 0.2) is 0 Å². The molecule has 0 radical (unpaired) electrons. The fourth-order valence-corrected chi connectivity index (χ4v) is 7.95. The molecule has 6 atom stereocenters. The van der Waals surface area contributed by atoms with E-state index in [9.17, 15) is 5.11 Å². The van der Waals surface area contributed by atoms with E-state index in [1.165, 1.54) is 6.42 Å². The summed E-state index contributed by atoms with van der Waals surface area (Å²) in [6, 6.07) is 11.7. The summed E-state index contributed by atoms with van der Waals surface area (Å²) < 4.78 is 6.34. The van der Waals surface area contributed by atoms with Crippen molar-refractivity contribution in [2.24, 2.45) is 11.8 Å². The van der Waals surface area contributed by atoms with Crippen molar-refractivity contribution in [1.82, 2.24) is 9.97 Å². The van der Waals surface area contributed by atoms with Crippen LogP contribution in [0, 0.1) is 11.8 Å². The Morgan fingerprint density at radius 3 is 2.74 bits per heavy atom. The fraction of sp³-hybridized carbons (Fsp3) is 0.407.